The molecule has 0 aromatic rings. The van der Waals surface area contributed by atoms with Crippen molar-refractivity contribution in [3.63, 3.8) is 0 Å². The molecule has 0 rings (SSSR count). The average molecular weight is 623 g/mol. The number of rotatable bonds is 34. The Bertz CT molecular complexity index is 486. The van der Waals surface area contributed by atoms with E-state index in [1.165, 1.54) is 154 Å². The van der Waals surface area contributed by atoms with Crippen molar-refractivity contribution in [3.05, 3.63) is 0 Å². The summed E-state index contributed by atoms with van der Waals surface area (Å²) < 4.78 is 0. The summed E-state index contributed by atoms with van der Waals surface area (Å²) in [6.45, 7) is 0.688. The van der Waals surface area contributed by atoms with Gasteiger partial charge in [-0.2, -0.15) is 0 Å². The van der Waals surface area contributed by atoms with E-state index in [1.54, 1.807) is 0 Å². The number of aliphatic carboxylic acids is 2. The number of hydrogen-bond acceptors (Lipinski definition) is 6. The van der Waals surface area contributed by atoms with Gasteiger partial charge in [-0.05, 0) is 38.5 Å². The first-order chi connectivity index (χ1) is 20.5. The Morgan fingerprint density at radius 3 is 0.581 bits per heavy atom. The maximum Gasteiger partial charge on any atom is 2.00 e. The van der Waals surface area contributed by atoms with Crippen molar-refractivity contribution in [2.24, 2.45) is 0 Å². The van der Waals surface area contributed by atoms with E-state index in [0.717, 1.165) is 38.5 Å². The third-order valence-corrected chi connectivity index (χ3v) is 8.08. The fraction of sp³-hybridized carbons (Fsp3) is 0.944. The Morgan fingerprint density at radius 2 is 0.442 bits per heavy atom. The molecule has 0 fully saturated rings. The molecule has 0 unspecified atom stereocenters. The minimum atomic E-state index is -0.914. The number of carbonyl (C=O) groups excluding carboxylic acids is 2. The van der Waals surface area contributed by atoms with Crippen LogP contribution in [0.2, 0.25) is 0 Å². The molecule has 0 saturated carbocycles. The van der Waals surface area contributed by atoms with Crippen LogP contribution in [0.15, 0.2) is 0 Å². The number of aliphatic hydroxyl groups excluding tert-OH is 2. The van der Waals surface area contributed by atoms with Gasteiger partial charge in [0.1, 0.15) is 0 Å². The molecule has 0 heterocycles. The van der Waals surface area contributed by atoms with Crippen LogP contribution >= 0.6 is 0 Å². The van der Waals surface area contributed by atoms with Gasteiger partial charge >= 0.3 is 23.1 Å². The molecule has 0 aromatic heterocycles. The number of unbranched alkanes of at least 4 members (excludes halogenated alkanes) is 28. The van der Waals surface area contributed by atoms with Gasteiger partial charge in [0.25, 0.3) is 0 Å². The van der Waals surface area contributed by atoms with Gasteiger partial charge in [0.2, 0.25) is 0 Å². The summed E-state index contributed by atoms with van der Waals surface area (Å²) in [5, 5.41) is 37.8. The molecule has 6 nitrogen and oxygen atoms in total. The van der Waals surface area contributed by atoms with Crippen molar-refractivity contribution in [1.82, 2.24) is 0 Å². The molecule has 0 aromatic carbocycles. The molecule has 0 aliphatic heterocycles. The molecule has 252 valence electrons. The first-order valence-corrected chi connectivity index (χ1v) is 18.2. The van der Waals surface area contributed by atoms with Crippen LogP contribution in [0.5, 0.6) is 0 Å². The molecule has 0 aliphatic rings. The topological polar surface area (TPSA) is 121 Å². The van der Waals surface area contributed by atoms with E-state index in [9.17, 15) is 19.8 Å². The van der Waals surface area contributed by atoms with E-state index in [2.05, 4.69) is 0 Å². The van der Waals surface area contributed by atoms with Gasteiger partial charge in [0.05, 0.1) is 0 Å². The van der Waals surface area contributed by atoms with Gasteiger partial charge in [-0.3, -0.25) is 0 Å². The van der Waals surface area contributed by atoms with Crippen LogP contribution in [0.25, 0.3) is 0 Å². The minimum absolute atomic E-state index is 0. The summed E-state index contributed by atoms with van der Waals surface area (Å²) in [5.41, 5.74) is 0. The van der Waals surface area contributed by atoms with Gasteiger partial charge in [0.15, 0.2) is 0 Å². The quantitative estimate of drug-likeness (QED) is 0.0564. The molecule has 0 amide bonds. The second-order valence-electron chi connectivity index (χ2n) is 12.3. The van der Waals surface area contributed by atoms with Crippen LogP contribution < -0.4 is 10.2 Å². The zero-order valence-corrected chi connectivity index (χ0v) is 29.7. The fourth-order valence-electron chi connectivity index (χ4n) is 5.36. The van der Waals surface area contributed by atoms with Crippen molar-refractivity contribution in [1.29, 1.82) is 0 Å². The fourth-order valence-corrected chi connectivity index (χ4v) is 5.36. The van der Waals surface area contributed by atoms with Crippen LogP contribution in [0.4, 0.5) is 0 Å². The van der Waals surface area contributed by atoms with Crippen LogP contribution in [-0.2, 0) is 9.59 Å². The first-order valence-electron chi connectivity index (χ1n) is 18.2. The third-order valence-electron chi connectivity index (χ3n) is 8.08. The van der Waals surface area contributed by atoms with Gasteiger partial charge in [-0.1, -0.05) is 167 Å². The largest absolute Gasteiger partial charge is 2.00 e. The first kappa shape index (κ1) is 47.0. The van der Waals surface area contributed by atoms with Gasteiger partial charge in [0, 0.05) is 25.2 Å². The molecular weight excluding hydrogens is 553 g/mol. The van der Waals surface area contributed by atoms with E-state index in [0.29, 0.717) is 13.2 Å². The summed E-state index contributed by atoms with van der Waals surface area (Å²) >= 11 is 0. The zero-order valence-electron chi connectivity index (χ0n) is 28.3. The number of carbonyl (C=O) groups is 2. The smallest absolute Gasteiger partial charge is 0.550 e. The molecule has 7 heteroatoms. The summed E-state index contributed by atoms with van der Waals surface area (Å²) in [6.07, 6.45) is 37.2. The molecule has 0 radical (unpaired) electrons. The maximum atomic E-state index is 10.2. The summed E-state index contributed by atoms with van der Waals surface area (Å²) in [7, 11) is 0. The van der Waals surface area contributed by atoms with E-state index in [1.807, 2.05) is 0 Å². The minimum Gasteiger partial charge on any atom is -0.550 e. The van der Waals surface area contributed by atoms with Crippen molar-refractivity contribution >= 4 is 35.0 Å². The number of carboxylic acids is 2. The van der Waals surface area contributed by atoms with E-state index in [-0.39, 0.29) is 35.9 Å². The third kappa shape index (κ3) is 51.5. The Morgan fingerprint density at radius 1 is 0.302 bits per heavy atom. The Labute approximate surface area is 282 Å². The molecule has 43 heavy (non-hydrogen) atoms. The van der Waals surface area contributed by atoms with Gasteiger partial charge < -0.3 is 30.0 Å². The normalized spacial score (nSPS) is 10.7. The number of aliphatic hydroxyl groups is 2. The molecular formula is C36H70MgO6. The van der Waals surface area contributed by atoms with Crippen molar-refractivity contribution in [2.75, 3.05) is 13.2 Å². The van der Waals surface area contributed by atoms with E-state index < -0.39 is 11.9 Å². The number of carboxylic acid groups (broad SMARTS) is 2. The van der Waals surface area contributed by atoms with Crippen LogP contribution in [-0.4, -0.2) is 58.4 Å². The second kappa shape index (κ2) is 43.8. The van der Waals surface area contributed by atoms with Crippen molar-refractivity contribution in [2.45, 2.75) is 205 Å². The summed E-state index contributed by atoms with van der Waals surface area (Å²) in [5.74, 6) is -1.83. The van der Waals surface area contributed by atoms with Crippen molar-refractivity contribution < 1.29 is 30.0 Å². The monoisotopic (exact) mass is 623 g/mol. The van der Waals surface area contributed by atoms with Crippen LogP contribution in [0.1, 0.15) is 205 Å². The summed E-state index contributed by atoms with van der Waals surface area (Å²) in [4.78, 5) is 20.5. The van der Waals surface area contributed by atoms with Crippen molar-refractivity contribution in [3.8, 4) is 0 Å². The SMILES string of the molecule is O=C([O-])CCCCCCCCCCCCCCCCCO.O=C([O-])CCCCCCCCCCCCCCCCCO.[Mg+2]. The zero-order chi connectivity index (χ0) is 31.2. The predicted octanol–water partition coefficient (Wildman–Crippen LogP) is 7.56. The second-order valence-corrected chi connectivity index (χ2v) is 12.3. The van der Waals surface area contributed by atoms with Gasteiger partial charge in [-0.25, -0.2) is 0 Å². The molecule has 0 bridgehead atoms. The Kier molecular flexibility index (Phi) is 47.9. The van der Waals surface area contributed by atoms with E-state index in [4.69, 9.17) is 10.2 Å². The number of hydrogen-bond donors (Lipinski definition) is 2. The Balaban J connectivity index is -0.000000727. The predicted molar refractivity (Wildman–Crippen MR) is 178 cm³/mol. The van der Waals surface area contributed by atoms with Gasteiger partial charge in [-0.15, -0.1) is 0 Å². The molecule has 2 N–H and O–H groups in total. The average Bonchev–Trinajstić information content (AvgIpc) is 2.97. The standard InChI is InChI=1S/2C18H36O3.Mg/c2*19-17-15-13-11-9-7-5-3-1-2-4-6-8-10-12-14-16-18(20)21;/h2*19H,1-17H2,(H,20,21);/q;;+2/p-2. The molecule has 0 aliphatic carbocycles. The Hall–Kier alpha value is -0.374. The summed E-state index contributed by atoms with van der Waals surface area (Å²) in [6, 6.07) is 0. The molecule has 0 saturated heterocycles. The molecule has 0 spiro atoms. The van der Waals surface area contributed by atoms with Crippen LogP contribution in [0, 0.1) is 0 Å². The van der Waals surface area contributed by atoms with E-state index >= 15 is 0 Å². The maximum absolute atomic E-state index is 10.2. The van der Waals surface area contributed by atoms with Crippen LogP contribution in [0.3, 0.4) is 0 Å². The molecule has 0 atom stereocenters.